The van der Waals surface area contributed by atoms with E-state index in [1.807, 2.05) is 0 Å². The number of halogens is 5. The van der Waals surface area contributed by atoms with E-state index < -0.39 is 52.0 Å². The molecule has 15 heteroatoms. The van der Waals surface area contributed by atoms with E-state index in [0.717, 1.165) is 13.0 Å². The third-order valence-electron chi connectivity index (χ3n) is 6.54. The summed E-state index contributed by atoms with van der Waals surface area (Å²) in [6.45, 7) is 4.57. The zero-order chi connectivity index (χ0) is 29.3. The Morgan fingerprint density at radius 1 is 1.15 bits per heavy atom. The normalized spacial score (nSPS) is 16.1. The van der Waals surface area contributed by atoms with Crippen LogP contribution in [-0.4, -0.2) is 57.1 Å². The molecule has 10 nitrogen and oxygen atoms in total. The van der Waals surface area contributed by atoms with E-state index in [1.165, 1.54) is 0 Å². The number of nitrogens with one attached hydrogen (secondary N) is 2. The molecule has 1 aromatic carbocycles. The minimum Gasteiger partial charge on any atom is -0.474 e. The van der Waals surface area contributed by atoms with Gasteiger partial charge < -0.3 is 25.8 Å². The van der Waals surface area contributed by atoms with Crippen LogP contribution in [0, 0.1) is 18.6 Å². The smallest absolute Gasteiger partial charge is 0.417 e. The molecule has 0 amide bonds. The fourth-order valence-electron chi connectivity index (χ4n) is 4.56. The summed E-state index contributed by atoms with van der Waals surface area (Å²) in [4.78, 5) is 12.8. The second-order valence-corrected chi connectivity index (χ2v) is 9.49. The molecule has 0 saturated carbocycles. The molecule has 1 aliphatic heterocycles. The van der Waals surface area contributed by atoms with Gasteiger partial charge >= 0.3 is 12.2 Å². The van der Waals surface area contributed by atoms with Gasteiger partial charge in [-0.25, -0.2) is 13.8 Å². The quantitative estimate of drug-likeness (QED) is 0.235. The Labute approximate surface area is 231 Å². The van der Waals surface area contributed by atoms with Crippen molar-refractivity contribution in [2.24, 2.45) is 0 Å². The molecule has 4 N–H and O–H groups in total. The average Bonchev–Trinajstić information content (AvgIpc) is 3.42. The molecule has 0 aliphatic carbocycles. The molecule has 0 fully saturated rings. The summed E-state index contributed by atoms with van der Waals surface area (Å²) < 4.78 is 86.7. The number of nitrogens with zero attached hydrogens (tertiary/aromatic N) is 5. The Kier molecular flexibility index (Phi) is 7.80. The third-order valence-corrected chi connectivity index (χ3v) is 6.54. The lowest BCUT2D eigenvalue weighted by Crippen LogP contribution is -2.26. The van der Waals surface area contributed by atoms with Crippen LogP contribution in [0.2, 0.25) is 0 Å². The Hall–Kier alpha value is -4.27. The van der Waals surface area contributed by atoms with Gasteiger partial charge in [-0.15, -0.1) is 0 Å². The summed E-state index contributed by atoms with van der Waals surface area (Å²) >= 11 is 0. The number of hydrogen-bond donors (Lipinski definition) is 3. The highest BCUT2D eigenvalue weighted by molar-refractivity contribution is 5.96. The van der Waals surface area contributed by atoms with Crippen molar-refractivity contribution < 1.29 is 31.4 Å². The van der Waals surface area contributed by atoms with Crippen LogP contribution in [-0.2, 0) is 12.7 Å². The molecule has 5 rings (SSSR count). The number of benzene rings is 1. The average molecular weight is 579 g/mol. The van der Waals surface area contributed by atoms with Crippen LogP contribution in [0.4, 0.5) is 33.5 Å². The van der Waals surface area contributed by atoms with Gasteiger partial charge in [-0.05, 0) is 44.5 Å². The molecule has 3 aromatic heterocycles. The van der Waals surface area contributed by atoms with Crippen molar-refractivity contribution in [2.75, 3.05) is 37.3 Å². The highest BCUT2D eigenvalue weighted by Crippen LogP contribution is 2.44. The largest absolute Gasteiger partial charge is 0.474 e. The van der Waals surface area contributed by atoms with E-state index in [1.54, 1.807) is 30.1 Å². The predicted molar refractivity (Wildman–Crippen MR) is 141 cm³/mol. The first-order valence-electron chi connectivity index (χ1n) is 12.8. The Balaban J connectivity index is 1.73. The SMILES string of the molecule is Cc1c(F)c(N)cc(-c2nc3c4c(nc(OCCn5cccn5)nc4c2F)NCCNCCC(C)O3)c1C(F)(F)F. The molecule has 1 aliphatic rings. The Morgan fingerprint density at radius 3 is 2.68 bits per heavy atom. The van der Waals surface area contributed by atoms with Gasteiger partial charge in [0.15, 0.2) is 5.82 Å². The van der Waals surface area contributed by atoms with E-state index in [2.05, 4.69) is 30.7 Å². The third kappa shape index (κ3) is 5.80. The molecule has 0 radical (unpaired) electrons. The van der Waals surface area contributed by atoms with Crippen LogP contribution in [0.3, 0.4) is 0 Å². The lowest BCUT2D eigenvalue weighted by atomic mass is 9.96. The lowest BCUT2D eigenvalue weighted by Gasteiger charge is -2.21. The van der Waals surface area contributed by atoms with Gasteiger partial charge in [0.25, 0.3) is 0 Å². The first kappa shape index (κ1) is 28.3. The second kappa shape index (κ2) is 11.3. The topological polar surface area (TPSA) is 125 Å². The van der Waals surface area contributed by atoms with Gasteiger partial charge in [0, 0.05) is 31.0 Å². The second-order valence-electron chi connectivity index (χ2n) is 9.49. The van der Waals surface area contributed by atoms with Gasteiger partial charge in [0.05, 0.1) is 23.9 Å². The van der Waals surface area contributed by atoms with Gasteiger partial charge in [-0.2, -0.15) is 28.2 Å². The van der Waals surface area contributed by atoms with Crippen LogP contribution >= 0.6 is 0 Å². The molecular formula is C26H27F5N8O2. The van der Waals surface area contributed by atoms with Crippen molar-refractivity contribution in [3.05, 3.63) is 47.3 Å². The highest BCUT2D eigenvalue weighted by Gasteiger charge is 2.39. The lowest BCUT2D eigenvalue weighted by molar-refractivity contribution is -0.137. The van der Waals surface area contributed by atoms with Crippen molar-refractivity contribution in [3.8, 4) is 23.1 Å². The predicted octanol–water partition coefficient (Wildman–Crippen LogP) is 4.33. The van der Waals surface area contributed by atoms with Crippen molar-refractivity contribution >= 4 is 22.4 Å². The highest BCUT2D eigenvalue weighted by atomic mass is 19.4. The van der Waals surface area contributed by atoms with Crippen molar-refractivity contribution in [1.29, 1.82) is 0 Å². The van der Waals surface area contributed by atoms with Crippen LogP contribution < -0.4 is 25.8 Å². The summed E-state index contributed by atoms with van der Waals surface area (Å²) in [6, 6.07) is 2.23. The zero-order valence-electron chi connectivity index (χ0n) is 22.1. The van der Waals surface area contributed by atoms with Crippen molar-refractivity contribution in [3.63, 3.8) is 0 Å². The van der Waals surface area contributed by atoms with Crippen molar-refractivity contribution in [2.45, 2.75) is 39.1 Å². The molecule has 0 spiro atoms. The first-order chi connectivity index (χ1) is 19.5. The molecule has 4 aromatic rings. The van der Waals surface area contributed by atoms with E-state index in [4.69, 9.17) is 15.2 Å². The maximum atomic E-state index is 16.3. The molecule has 1 unspecified atom stereocenters. The van der Waals surface area contributed by atoms with Gasteiger partial charge in [0.2, 0.25) is 5.88 Å². The number of anilines is 2. The number of aromatic nitrogens is 5. The number of nitrogen functional groups attached to an aromatic ring is 1. The standard InChI is InChI=1S/C26H27F5N8O2/c1-13-4-6-33-7-8-34-23-17-22(37-25(38-23)40-11-10-39-9-3-5-35-39)20(28)21(36-24(17)41-13)15-12-16(32)19(27)14(2)18(15)26(29,30)31/h3,5,9,12-13,33H,4,6-8,10-11,32H2,1-2H3,(H,34,37,38). The molecular weight excluding hydrogens is 551 g/mol. The van der Waals surface area contributed by atoms with Crippen LogP contribution in [0.25, 0.3) is 22.2 Å². The minimum atomic E-state index is -5.05. The molecule has 0 bridgehead atoms. The summed E-state index contributed by atoms with van der Waals surface area (Å²) in [7, 11) is 0. The summed E-state index contributed by atoms with van der Waals surface area (Å²) in [6.07, 6.45) is -1.66. The van der Waals surface area contributed by atoms with E-state index in [9.17, 15) is 17.6 Å². The fraction of sp³-hybridized carbons (Fsp3) is 0.385. The van der Waals surface area contributed by atoms with E-state index in [0.29, 0.717) is 32.6 Å². The molecule has 4 heterocycles. The van der Waals surface area contributed by atoms with Gasteiger partial charge in [0.1, 0.15) is 34.8 Å². The number of pyridine rings is 1. The molecule has 1 atom stereocenters. The molecule has 218 valence electrons. The van der Waals surface area contributed by atoms with E-state index >= 15 is 4.39 Å². The number of ether oxygens (including phenoxy) is 2. The Bertz CT molecular complexity index is 1560. The summed E-state index contributed by atoms with van der Waals surface area (Å²) in [5.41, 5.74) is 1.03. The number of alkyl halides is 3. The first-order valence-corrected chi connectivity index (χ1v) is 12.8. The number of hydrogen-bond acceptors (Lipinski definition) is 9. The van der Waals surface area contributed by atoms with Crippen LogP contribution in [0.1, 0.15) is 24.5 Å². The molecule has 0 saturated heterocycles. The maximum absolute atomic E-state index is 16.3. The van der Waals surface area contributed by atoms with Crippen molar-refractivity contribution in [1.82, 2.24) is 30.0 Å². The zero-order valence-corrected chi connectivity index (χ0v) is 22.1. The minimum absolute atomic E-state index is 0.0276. The van der Waals surface area contributed by atoms with Gasteiger partial charge in [-0.3, -0.25) is 4.68 Å². The molecule has 41 heavy (non-hydrogen) atoms. The number of nitrogens with two attached hydrogens (primary N) is 1. The Morgan fingerprint density at radius 2 is 1.95 bits per heavy atom. The summed E-state index contributed by atoms with van der Waals surface area (Å²) in [5, 5.41) is 10.4. The monoisotopic (exact) mass is 578 g/mol. The van der Waals surface area contributed by atoms with Crippen LogP contribution in [0.5, 0.6) is 11.9 Å². The fourth-order valence-corrected chi connectivity index (χ4v) is 4.56. The summed E-state index contributed by atoms with van der Waals surface area (Å²) in [5.74, 6) is -2.52. The maximum Gasteiger partial charge on any atom is 0.417 e. The van der Waals surface area contributed by atoms with Gasteiger partial charge in [-0.1, -0.05) is 0 Å². The number of rotatable bonds is 5. The van der Waals surface area contributed by atoms with Crippen LogP contribution in [0.15, 0.2) is 24.5 Å². The van der Waals surface area contributed by atoms with E-state index in [-0.39, 0.29) is 35.2 Å².